The third-order valence-corrected chi connectivity index (χ3v) is 5.64. The average Bonchev–Trinajstić information content (AvgIpc) is 2.73. The van der Waals surface area contributed by atoms with E-state index in [4.69, 9.17) is 16.3 Å². The van der Waals surface area contributed by atoms with E-state index < -0.39 is 27.9 Å². The molecule has 0 aliphatic rings. The fourth-order valence-electron chi connectivity index (χ4n) is 2.61. The molecule has 0 bridgehead atoms. The van der Waals surface area contributed by atoms with Crippen LogP contribution in [-0.4, -0.2) is 31.9 Å². The highest BCUT2D eigenvalue weighted by molar-refractivity contribution is 7.90. The molecule has 3 rings (SSSR count). The van der Waals surface area contributed by atoms with Gasteiger partial charge in [0.1, 0.15) is 0 Å². The van der Waals surface area contributed by atoms with Gasteiger partial charge in [-0.1, -0.05) is 29.8 Å². The van der Waals surface area contributed by atoms with E-state index in [0.717, 1.165) is 12.3 Å². The predicted octanol–water partition coefficient (Wildman–Crippen LogP) is 4.76. The number of benzene rings is 2. The number of ether oxygens (including phenoxy) is 2. The SMILES string of the molecule is CS(=O)(=O)c1ccc(CNC(=O)c2ccc(Oc3ccccc3OC(F)(F)F)nc2)c(Cl)c1. The van der Waals surface area contributed by atoms with Gasteiger partial charge in [-0.05, 0) is 35.9 Å². The van der Waals surface area contributed by atoms with Crippen molar-refractivity contribution in [2.45, 2.75) is 17.8 Å². The molecule has 0 radical (unpaired) electrons. The number of hydrogen-bond acceptors (Lipinski definition) is 6. The van der Waals surface area contributed by atoms with Crippen LogP contribution >= 0.6 is 11.6 Å². The Kier molecular flexibility index (Phi) is 7.13. The van der Waals surface area contributed by atoms with Crippen LogP contribution in [0, 0.1) is 0 Å². The summed E-state index contributed by atoms with van der Waals surface area (Å²) in [6.45, 7) is 0.0299. The van der Waals surface area contributed by atoms with Gasteiger partial charge in [-0.2, -0.15) is 0 Å². The van der Waals surface area contributed by atoms with E-state index in [1.165, 1.54) is 54.7 Å². The first-order valence-corrected chi connectivity index (χ1v) is 11.4. The van der Waals surface area contributed by atoms with Crippen molar-refractivity contribution < 1.29 is 35.9 Å². The van der Waals surface area contributed by atoms with Crippen LogP contribution in [-0.2, 0) is 16.4 Å². The Balaban J connectivity index is 1.65. The molecule has 1 amide bonds. The fourth-order valence-corrected chi connectivity index (χ4v) is 3.57. The second-order valence-corrected chi connectivity index (χ2v) is 9.11. The number of pyridine rings is 1. The molecule has 33 heavy (non-hydrogen) atoms. The van der Waals surface area contributed by atoms with Crippen LogP contribution in [0.5, 0.6) is 17.4 Å². The second kappa shape index (κ2) is 9.67. The van der Waals surface area contributed by atoms with Crippen LogP contribution in [0.1, 0.15) is 15.9 Å². The van der Waals surface area contributed by atoms with Crippen molar-refractivity contribution in [3.05, 3.63) is 76.9 Å². The van der Waals surface area contributed by atoms with E-state index in [1.807, 2.05) is 0 Å². The quantitative estimate of drug-likeness (QED) is 0.502. The van der Waals surface area contributed by atoms with Gasteiger partial charge >= 0.3 is 6.36 Å². The lowest BCUT2D eigenvalue weighted by atomic mass is 10.2. The minimum absolute atomic E-state index is 0.0299. The number of hydrogen-bond donors (Lipinski definition) is 1. The first kappa shape index (κ1) is 24.3. The number of carbonyl (C=O) groups excluding carboxylic acids is 1. The summed E-state index contributed by atoms with van der Waals surface area (Å²) in [6, 6.07) is 12.1. The van der Waals surface area contributed by atoms with Gasteiger partial charge in [0.2, 0.25) is 5.88 Å². The van der Waals surface area contributed by atoms with E-state index in [1.54, 1.807) is 0 Å². The van der Waals surface area contributed by atoms with Gasteiger partial charge in [0.25, 0.3) is 5.91 Å². The standard InChI is InChI=1S/C21H16ClF3N2O5S/c1-33(29,30)15-8-6-13(16(22)10-15)11-27-20(28)14-7-9-19(26-12-14)31-17-4-2-3-5-18(17)32-21(23,24)25/h2-10,12H,11H2,1H3,(H,27,28). The number of sulfone groups is 1. The predicted molar refractivity (Wildman–Crippen MR) is 113 cm³/mol. The molecule has 1 aromatic heterocycles. The highest BCUT2D eigenvalue weighted by Crippen LogP contribution is 2.34. The summed E-state index contributed by atoms with van der Waals surface area (Å²) in [7, 11) is -3.41. The zero-order chi connectivity index (χ0) is 24.2. The van der Waals surface area contributed by atoms with Crippen molar-refractivity contribution in [3.8, 4) is 17.4 Å². The molecule has 1 heterocycles. The number of carbonyl (C=O) groups is 1. The number of aromatic nitrogens is 1. The minimum Gasteiger partial charge on any atom is -0.435 e. The highest BCUT2D eigenvalue weighted by Gasteiger charge is 2.32. The molecule has 12 heteroatoms. The highest BCUT2D eigenvalue weighted by atomic mass is 35.5. The number of halogens is 4. The Morgan fingerprint density at radius 3 is 2.36 bits per heavy atom. The van der Waals surface area contributed by atoms with Gasteiger partial charge in [-0.15, -0.1) is 13.2 Å². The van der Waals surface area contributed by atoms with Crippen LogP contribution in [0.3, 0.4) is 0 Å². The third-order valence-electron chi connectivity index (χ3n) is 4.18. The molecule has 2 aromatic carbocycles. The Bertz CT molecular complexity index is 1270. The normalized spacial score (nSPS) is 11.7. The summed E-state index contributed by atoms with van der Waals surface area (Å²) >= 11 is 6.09. The van der Waals surface area contributed by atoms with Crippen molar-refractivity contribution in [1.82, 2.24) is 10.3 Å². The molecule has 0 aliphatic carbocycles. The Labute approximate surface area is 192 Å². The van der Waals surface area contributed by atoms with E-state index >= 15 is 0 Å². The number of nitrogens with zero attached hydrogens (tertiary/aromatic N) is 1. The van der Waals surface area contributed by atoms with Crippen LogP contribution in [0.2, 0.25) is 5.02 Å². The number of rotatable bonds is 7. The van der Waals surface area contributed by atoms with Gasteiger partial charge in [0.05, 0.1) is 10.5 Å². The lowest BCUT2D eigenvalue weighted by Gasteiger charge is -2.13. The molecular weight excluding hydrogens is 485 g/mol. The summed E-state index contributed by atoms with van der Waals surface area (Å²) in [4.78, 5) is 16.4. The summed E-state index contributed by atoms with van der Waals surface area (Å²) in [5.41, 5.74) is 0.664. The molecule has 0 aliphatic heterocycles. The Hall–Kier alpha value is -3.31. The van der Waals surface area contributed by atoms with Crippen LogP contribution in [0.15, 0.2) is 65.7 Å². The summed E-state index contributed by atoms with van der Waals surface area (Å²) in [6.07, 6.45) is -2.64. The summed E-state index contributed by atoms with van der Waals surface area (Å²) < 4.78 is 70.0. The number of amides is 1. The van der Waals surface area contributed by atoms with Gasteiger partial charge in [0.15, 0.2) is 21.3 Å². The molecule has 0 saturated heterocycles. The minimum atomic E-state index is -4.89. The lowest BCUT2D eigenvalue weighted by Crippen LogP contribution is -2.23. The van der Waals surface area contributed by atoms with E-state index in [9.17, 15) is 26.4 Å². The van der Waals surface area contributed by atoms with Gasteiger partial charge in [0, 0.05) is 30.1 Å². The van der Waals surface area contributed by atoms with Crippen LogP contribution < -0.4 is 14.8 Å². The molecule has 0 atom stereocenters. The molecule has 0 fully saturated rings. The van der Waals surface area contributed by atoms with Crippen molar-refractivity contribution >= 4 is 27.3 Å². The maximum absolute atomic E-state index is 12.5. The monoisotopic (exact) mass is 500 g/mol. The van der Waals surface area contributed by atoms with Gasteiger partial charge < -0.3 is 14.8 Å². The van der Waals surface area contributed by atoms with Crippen molar-refractivity contribution in [2.75, 3.05) is 6.26 Å². The first-order valence-electron chi connectivity index (χ1n) is 9.18. The Morgan fingerprint density at radius 2 is 1.79 bits per heavy atom. The zero-order valence-electron chi connectivity index (χ0n) is 16.9. The van der Waals surface area contributed by atoms with E-state index in [-0.39, 0.29) is 33.7 Å². The first-order chi connectivity index (χ1) is 15.4. The molecule has 7 nitrogen and oxygen atoms in total. The molecule has 1 N–H and O–H groups in total. The molecule has 174 valence electrons. The summed E-state index contributed by atoms with van der Waals surface area (Å²) in [5, 5.41) is 2.80. The van der Waals surface area contributed by atoms with Gasteiger partial charge in [-0.25, -0.2) is 13.4 Å². The zero-order valence-corrected chi connectivity index (χ0v) is 18.5. The van der Waals surface area contributed by atoms with Crippen molar-refractivity contribution in [3.63, 3.8) is 0 Å². The van der Waals surface area contributed by atoms with Crippen molar-refractivity contribution in [2.24, 2.45) is 0 Å². The van der Waals surface area contributed by atoms with Gasteiger partial charge in [-0.3, -0.25) is 4.79 Å². The Morgan fingerprint density at radius 1 is 1.09 bits per heavy atom. The van der Waals surface area contributed by atoms with E-state index in [2.05, 4.69) is 15.0 Å². The maximum Gasteiger partial charge on any atom is 0.573 e. The number of para-hydroxylation sites is 2. The number of nitrogens with one attached hydrogen (secondary N) is 1. The lowest BCUT2D eigenvalue weighted by molar-refractivity contribution is -0.275. The van der Waals surface area contributed by atoms with Crippen molar-refractivity contribution in [1.29, 1.82) is 0 Å². The average molecular weight is 501 g/mol. The van der Waals surface area contributed by atoms with Crippen LogP contribution in [0.4, 0.5) is 13.2 Å². The second-order valence-electron chi connectivity index (χ2n) is 6.69. The molecule has 3 aromatic rings. The maximum atomic E-state index is 12.5. The molecule has 0 saturated carbocycles. The fraction of sp³-hybridized carbons (Fsp3) is 0.143. The molecule has 0 unspecified atom stereocenters. The summed E-state index contributed by atoms with van der Waals surface area (Å²) in [5.74, 6) is -1.29. The van der Waals surface area contributed by atoms with Crippen LogP contribution in [0.25, 0.3) is 0 Å². The number of alkyl halides is 3. The largest absolute Gasteiger partial charge is 0.573 e. The smallest absolute Gasteiger partial charge is 0.435 e. The van der Waals surface area contributed by atoms with E-state index in [0.29, 0.717) is 5.56 Å². The third kappa shape index (κ3) is 6.83. The molecule has 0 spiro atoms. The topological polar surface area (TPSA) is 94.6 Å². The molecular formula is C21H16ClF3N2O5S.